The third-order valence-electron chi connectivity index (χ3n) is 4.17. The Morgan fingerprint density at radius 1 is 1.37 bits per heavy atom. The minimum Gasteiger partial charge on any atom is -0.330 e. The second kappa shape index (κ2) is 6.78. The van der Waals surface area contributed by atoms with E-state index in [1.165, 1.54) is 30.8 Å². The van der Waals surface area contributed by atoms with Crippen LogP contribution in [0.3, 0.4) is 0 Å². The van der Waals surface area contributed by atoms with Crippen molar-refractivity contribution in [2.24, 2.45) is 5.73 Å². The summed E-state index contributed by atoms with van der Waals surface area (Å²) in [6, 6.07) is 10.7. The van der Waals surface area contributed by atoms with Crippen LogP contribution in [-0.2, 0) is 5.41 Å². The van der Waals surface area contributed by atoms with E-state index < -0.39 is 0 Å². The molecule has 2 rings (SSSR count). The molecule has 1 aromatic rings. The van der Waals surface area contributed by atoms with Gasteiger partial charge < -0.3 is 10.6 Å². The van der Waals surface area contributed by atoms with Crippen LogP contribution in [0.2, 0.25) is 0 Å². The molecule has 1 fully saturated rings. The van der Waals surface area contributed by atoms with Gasteiger partial charge in [0, 0.05) is 42.6 Å². The molecule has 1 saturated heterocycles. The zero-order chi connectivity index (χ0) is 13.7. The molecule has 2 N–H and O–H groups in total. The fourth-order valence-electron chi connectivity index (χ4n) is 2.78. The topological polar surface area (TPSA) is 29.3 Å². The predicted octanol–water partition coefficient (Wildman–Crippen LogP) is 2.73. The van der Waals surface area contributed by atoms with Crippen LogP contribution in [0.15, 0.2) is 30.3 Å². The van der Waals surface area contributed by atoms with E-state index in [1.54, 1.807) is 0 Å². The first kappa shape index (κ1) is 14.9. The SMILES string of the molecule is CCC1CN(CC(C)(CN)c2ccccc2)CCS1. The standard InChI is InChI=1S/C16H26N2S/c1-3-15-11-18(9-10-19-15)13-16(2,12-17)14-7-5-4-6-8-14/h4-8,15H,3,9-13,17H2,1-2H3. The number of rotatable bonds is 5. The van der Waals surface area contributed by atoms with E-state index in [9.17, 15) is 0 Å². The molecule has 3 heteroatoms. The average molecular weight is 278 g/mol. The van der Waals surface area contributed by atoms with Gasteiger partial charge in [-0.1, -0.05) is 44.2 Å². The van der Waals surface area contributed by atoms with Crippen LogP contribution < -0.4 is 5.73 Å². The van der Waals surface area contributed by atoms with Crippen LogP contribution in [0, 0.1) is 0 Å². The van der Waals surface area contributed by atoms with E-state index in [4.69, 9.17) is 5.73 Å². The summed E-state index contributed by atoms with van der Waals surface area (Å²) < 4.78 is 0. The van der Waals surface area contributed by atoms with Gasteiger partial charge in [0.1, 0.15) is 0 Å². The summed E-state index contributed by atoms with van der Waals surface area (Å²) in [6.07, 6.45) is 1.27. The van der Waals surface area contributed by atoms with Crippen molar-refractivity contribution in [3.8, 4) is 0 Å². The van der Waals surface area contributed by atoms with Gasteiger partial charge in [-0.05, 0) is 12.0 Å². The van der Waals surface area contributed by atoms with Crippen LogP contribution in [0.1, 0.15) is 25.8 Å². The van der Waals surface area contributed by atoms with Crippen molar-refractivity contribution < 1.29 is 0 Å². The van der Waals surface area contributed by atoms with E-state index in [-0.39, 0.29) is 5.41 Å². The Balaban J connectivity index is 2.06. The summed E-state index contributed by atoms with van der Waals surface area (Å²) in [5.41, 5.74) is 7.53. The summed E-state index contributed by atoms with van der Waals surface area (Å²) >= 11 is 2.12. The number of hydrogen-bond donors (Lipinski definition) is 1. The van der Waals surface area contributed by atoms with Gasteiger partial charge in [0.2, 0.25) is 0 Å². The summed E-state index contributed by atoms with van der Waals surface area (Å²) in [5, 5.41) is 0.798. The van der Waals surface area contributed by atoms with E-state index in [0.717, 1.165) is 11.8 Å². The highest BCUT2D eigenvalue weighted by Crippen LogP contribution is 2.27. The van der Waals surface area contributed by atoms with E-state index in [1.807, 2.05) is 0 Å². The third kappa shape index (κ3) is 3.74. The van der Waals surface area contributed by atoms with Gasteiger partial charge in [0.15, 0.2) is 0 Å². The quantitative estimate of drug-likeness (QED) is 0.898. The monoisotopic (exact) mass is 278 g/mol. The Bertz CT molecular complexity index is 382. The molecule has 0 spiro atoms. The van der Waals surface area contributed by atoms with E-state index in [2.05, 4.69) is 60.8 Å². The lowest BCUT2D eigenvalue weighted by molar-refractivity contribution is 0.222. The van der Waals surface area contributed by atoms with Gasteiger partial charge in [-0.25, -0.2) is 0 Å². The van der Waals surface area contributed by atoms with Gasteiger partial charge in [-0.2, -0.15) is 11.8 Å². The van der Waals surface area contributed by atoms with E-state index in [0.29, 0.717) is 6.54 Å². The summed E-state index contributed by atoms with van der Waals surface area (Å²) in [7, 11) is 0. The van der Waals surface area contributed by atoms with Crippen molar-refractivity contribution >= 4 is 11.8 Å². The zero-order valence-corrected chi connectivity index (χ0v) is 13.0. The van der Waals surface area contributed by atoms with Gasteiger partial charge in [-0.15, -0.1) is 0 Å². The lowest BCUT2D eigenvalue weighted by Gasteiger charge is -2.39. The molecule has 1 heterocycles. The fourth-order valence-corrected chi connectivity index (χ4v) is 4.03. The number of nitrogens with zero attached hydrogens (tertiary/aromatic N) is 1. The molecule has 0 bridgehead atoms. The van der Waals surface area contributed by atoms with Gasteiger partial charge in [-0.3, -0.25) is 0 Å². The molecule has 19 heavy (non-hydrogen) atoms. The zero-order valence-electron chi connectivity index (χ0n) is 12.1. The normalized spacial score (nSPS) is 24.1. The van der Waals surface area contributed by atoms with Gasteiger partial charge in [0.05, 0.1) is 0 Å². The Kier molecular flexibility index (Phi) is 5.31. The average Bonchev–Trinajstić information content (AvgIpc) is 2.48. The molecule has 1 aliphatic rings. The molecule has 1 aliphatic heterocycles. The van der Waals surface area contributed by atoms with E-state index >= 15 is 0 Å². The third-order valence-corrected chi connectivity index (χ3v) is 5.54. The largest absolute Gasteiger partial charge is 0.330 e. The van der Waals surface area contributed by atoms with Crippen LogP contribution in [0.25, 0.3) is 0 Å². The Morgan fingerprint density at radius 2 is 2.11 bits per heavy atom. The highest BCUT2D eigenvalue weighted by atomic mass is 32.2. The fraction of sp³-hybridized carbons (Fsp3) is 0.625. The maximum atomic E-state index is 6.09. The number of hydrogen-bond acceptors (Lipinski definition) is 3. The summed E-state index contributed by atoms with van der Waals surface area (Å²) in [6.45, 7) is 8.78. The molecule has 0 amide bonds. The second-order valence-corrected chi connectivity index (χ2v) is 7.18. The van der Waals surface area contributed by atoms with Crippen molar-refractivity contribution in [3.05, 3.63) is 35.9 Å². The molecule has 0 radical (unpaired) electrons. The number of nitrogens with two attached hydrogens (primary N) is 1. The summed E-state index contributed by atoms with van der Waals surface area (Å²) in [4.78, 5) is 2.60. The lowest BCUT2D eigenvalue weighted by atomic mass is 9.82. The maximum Gasteiger partial charge on any atom is 0.0174 e. The van der Waals surface area contributed by atoms with Crippen molar-refractivity contribution in [2.45, 2.75) is 30.9 Å². The van der Waals surface area contributed by atoms with Crippen molar-refractivity contribution in [1.82, 2.24) is 4.90 Å². The molecule has 0 saturated carbocycles. The van der Waals surface area contributed by atoms with Crippen molar-refractivity contribution in [3.63, 3.8) is 0 Å². The molecule has 2 nitrogen and oxygen atoms in total. The molecule has 2 unspecified atom stereocenters. The lowest BCUT2D eigenvalue weighted by Crippen LogP contribution is -2.48. The first-order chi connectivity index (χ1) is 9.18. The van der Waals surface area contributed by atoms with Crippen molar-refractivity contribution in [2.75, 3.05) is 31.9 Å². The van der Waals surface area contributed by atoms with Gasteiger partial charge in [0.25, 0.3) is 0 Å². The number of thioether (sulfide) groups is 1. The van der Waals surface area contributed by atoms with Gasteiger partial charge >= 0.3 is 0 Å². The van der Waals surface area contributed by atoms with Crippen LogP contribution in [-0.4, -0.2) is 42.1 Å². The Hall–Kier alpha value is -0.510. The molecule has 2 atom stereocenters. The first-order valence-electron chi connectivity index (χ1n) is 7.27. The minimum atomic E-state index is 0.0710. The minimum absolute atomic E-state index is 0.0710. The molecule has 106 valence electrons. The van der Waals surface area contributed by atoms with Crippen LogP contribution in [0.4, 0.5) is 0 Å². The maximum absolute atomic E-state index is 6.09. The van der Waals surface area contributed by atoms with Crippen LogP contribution >= 0.6 is 11.8 Å². The summed E-state index contributed by atoms with van der Waals surface area (Å²) in [5.74, 6) is 1.26. The molecule has 0 aromatic heterocycles. The molecular weight excluding hydrogens is 252 g/mol. The highest BCUT2D eigenvalue weighted by molar-refractivity contribution is 8.00. The predicted molar refractivity (Wildman–Crippen MR) is 85.8 cm³/mol. The Labute approximate surface area is 121 Å². The Morgan fingerprint density at radius 3 is 2.74 bits per heavy atom. The highest BCUT2D eigenvalue weighted by Gasteiger charge is 2.30. The molecule has 0 aliphatic carbocycles. The number of benzene rings is 1. The van der Waals surface area contributed by atoms with Crippen molar-refractivity contribution in [1.29, 1.82) is 0 Å². The van der Waals surface area contributed by atoms with Crippen LogP contribution in [0.5, 0.6) is 0 Å². The molecule has 1 aromatic carbocycles. The second-order valence-electron chi connectivity index (χ2n) is 5.77. The smallest absolute Gasteiger partial charge is 0.0174 e. The first-order valence-corrected chi connectivity index (χ1v) is 8.32. The molecular formula is C16H26N2S.